The van der Waals surface area contributed by atoms with Gasteiger partial charge in [-0.05, 0) is 48.4 Å². The van der Waals surface area contributed by atoms with Crippen molar-refractivity contribution in [3.05, 3.63) is 59.5 Å². The van der Waals surface area contributed by atoms with E-state index in [2.05, 4.69) is 52.1 Å². The first-order valence-corrected chi connectivity index (χ1v) is 8.88. The number of rotatable bonds is 3. The standard InChI is InChI=1S/C21H23N3O2/c1-14-15(2)22-13-23-21(14)24-8-9-26-20(12-24)18-5-4-17-11-19(25-3)7-6-16(17)10-18/h4-7,10-11,13,20H,8-9,12H2,1-3H3/t20-/m0/s1. The van der Waals surface area contributed by atoms with E-state index in [4.69, 9.17) is 9.47 Å². The molecular weight excluding hydrogens is 326 g/mol. The van der Waals surface area contributed by atoms with Crippen LogP contribution in [0.3, 0.4) is 0 Å². The Bertz CT molecular complexity index is 942. The van der Waals surface area contributed by atoms with E-state index >= 15 is 0 Å². The van der Waals surface area contributed by atoms with Gasteiger partial charge in [-0.25, -0.2) is 9.97 Å². The third kappa shape index (κ3) is 3.10. The van der Waals surface area contributed by atoms with Crippen molar-refractivity contribution in [2.75, 3.05) is 31.7 Å². The van der Waals surface area contributed by atoms with Gasteiger partial charge in [0.2, 0.25) is 0 Å². The first-order chi connectivity index (χ1) is 12.7. The molecule has 2 heterocycles. The summed E-state index contributed by atoms with van der Waals surface area (Å²) in [4.78, 5) is 11.1. The van der Waals surface area contributed by atoms with Gasteiger partial charge in [0.05, 0.1) is 13.7 Å². The average Bonchev–Trinajstić information content (AvgIpc) is 2.69. The van der Waals surface area contributed by atoms with Crippen molar-refractivity contribution in [1.29, 1.82) is 0 Å². The van der Waals surface area contributed by atoms with Crippen LogP contribution >= 0.6 is 0 Å². The number of anilines is 1. The summed E-state index contributed by atoms with van der Waals surface area (Å²) in [6.07, 6.45) is 1.68. The molecule has 0 bridgehead atoms. The molecule has 0 N–H and O–H groups in total. The molecule has 1 aliphatic rings. The fraction of sp³-hybridized carbons (Fsp3) is 0.333. The number of benzene rings is 2. The van der Waals surface area contributed by atoms with Crippen LogP contribution in [0.2, 0.25) is 0 Å². The lowest BCUT2D eigenvalue weighted by molar-refractivity contribution is 0.0395. The minimum absolute atomic E-state index is 0.0323. The zero-order valence-corrected chi connectivity index (χ0v) is 15.4. The highest BCUT2D eigenvalue weighted by Crippen LogP contribution is 2.30. The Morgan fingerprint density at radius 2 is 1.88 bits per heavy atom. The molecule has 1 aromatic heterocycles. The number of morpholine rings is 1. The molecule has 5 nitrogen and oxygen atoms in total. The van der Waals surface area contributed by atoms with Crippen molar-refractivity contribution >= 4 is 16.6 Å². The summed E-state index contributed by atoms with van der Waals surface area (Å²) in [6, 6.07) is 12.6. The summed E-state index contributed by atoms with van der Waals surface area (Å²) < 4.78 is 11.4. The molecule has 4 rings (SSSR count). The lowest BCUT2D eigenvalue weighted by Gasteiger charge is -2.34. The van der Waals surface area contributed by atoms with Crippen molar-refractivity contribution in [2.45, 2.75) is 20.0 Å². The second-order valence-corrected chi connectivity index (χ2v) is 6.69. The van der Waals surface area contributed by atoms with Crippen LogP contribution in [0.1, 0.15) is 22.9 Å². The summed E-state index contributed by atoms with van der Waals surface area (Å²) in [5, 5.41) is 2.36. The molecule has 0 spiro atoms. The molecule has 0 amide bonds. The van der Waals surface area contributed by atoms with Crippen LogP contribution in [0.25, 0.3) is 10.8 Å². The third-order valence-electron chi connectivity index (χ3n) is 5.12. The Kier molecular flexibility index (Phi) is 4.47. The fourth-order valence-electron chi connectivity index (χ4n) is 3.46. The highest BCUT2D eigenvalue weighted by Gasteiger charge is 2.24. The van der Waals surface area contributed by atoms with Crippen LogP contribution in [0.4, 0.5) is 5.82 Å². The van der Waals surface area contributed by atoms with Crippen LogP contribution in [0.15, 0.2) is 42.7 Å². The van der Waals surface area contributed by atoms with Gasteiger partial charge < -0.3 is 14.4 Å². The molecule has 0 saturated carbocycles. The first-order valence-electron chi connectivity index (χ1n) is 8.88. The molecule has 26 heavy (non-hydrogen) atoms. The largest absolute Gasteiger partial charge is 0.497 e. The Labute approximate surface area is 153 Å². The van der Waals surface area contributed by atoms with Crippen LogP contribution in [0.5, 0.6) is 5.75 Å². The predicted octanol–water partition coefficient (Wildman–Crippen LogP) is 3.83. The average molecular weight is 349 g/mol. The summed E-state index contributed by atoms with van der Waals surface area (Å²) in [6.45, 7) is 6.43. The molecule has 5 heteroatoms. The van der Waals surface area contributed by atoms with Gasteiger partial charge in [-0.1, -0.05) is 18.2 Å². The van der Waals surface area contributed by atoms with Gasteiger partial charge in [0.25, 0.3) is 0 Å². The quantitative estimate of drug-likeness (QED) is 0.719. The molecule has 1 aliphatic heterocycles. The predicted molar refractivity (Wildman–Crippen MR) is 103 cm³/mol. The van der Waals surface area contributed by atoms with E-state index in [1.807, 2.05) is 13.0 Å². The van der Waals surface area contributed by atoms with E-state index in [1.54, 1.807) is 13.4 Å². The SMILES string of the molecule is COc1ccc2cc([C@@H]3CN(c4ncnc(C)c4C)CCO3)ccc2c1. The number of aryl methyl sites for hydroxylation is 1. The van der Waals surface area contributed by atoms with E-state index in [-0.39, 0.29) is 6.10 Å². The van der Waals surface area contributed by atoms with E-state index < -0.39 is 0 Å². The van der Waals surface area contributed by atoms with E-state index in [9.17, 15) is 0 Å². The summed E-state index contributed by atoms with van der Waals surface area (Å²) in [5.74, 6) is 1.89. The van der Waals surface area contributed by atoms with Crippen LogP contribution in [-0.4, -0.2) is 36.8 Å². The van der Waals surface area contributed by atoms with Gasteiger partial charge in [0, 0.05) is 24.3 Å². The second-order valence-electron chi connectivity index (χ2n) is 6.69. The fourth-order valence-corrected chi connectivity index (χ4v) is 3.46. The zero-order chi connectivity index (χ0) is 18.1. The topological polar surface area (TPSA) is 47.5 Å². The number of aromatic nitrogens is 2. The van der Waals surface area contributed by atoms with Gasteiger partial charge in [-0.15, -0.1) is 0 Å². The number of methoxy groups -OCH3 is 1. The number of fused-ring (bicyclic) bond motifs is 1. The number of hydrogen-bond donors (Lipinski definition) is 0. The number of hydrogen-bond acceptors (Lipinski definition) is 5. The minimum atomic E-state index is 0.0323. The molecule has 1 fully saturated rings. The Balaban J connectivity index is 1.61. The lowest BCUT2D eigenvalue weighted by Crippen LogP contribution is -2.39. The van der Waals surface area contributed by atoms with E-state index in [0.29, 0.717) is 6.61 Å². The summed E-state index contributed by atoms with van der Waals surface area (Å²) >= 11 is 0. The van der Waals surface area contributed by atoms with Crippen molar-refractivity contribution in [2.24, 2.45) is 0 Å². The molecule has 1 saturated heterocycles. The smallest absolute Gasteiger partial charge is 0.135 e. The van der Waals surface area contributed by atoms with Gasteiger partial charge in [-0.2, -0.15) is 0 Å². The van der Waals surface area contributed by atoms with Crippen LogP contribution in [-0.2, 0) is 4.74 Å². The minimum Gasteiger partial charge on any atom is -0.497 e. The summed E-state index contributed by atoms with van der Waals surface area (Å²) in [7, 11) is 1.69. The van der Waals surface area contributed by atoms with Crippen molar-refractivity contribution in [3.8, 4) is 5.75 Å². The van der Waals surface area contributed by atoms with E-state index in [1.165, 1.54) is 16.3 Å². The van der Waals surface area contributed by atoms with Gasteiger partial charge in [0.15, 0.2) is 0 Å². The molecule has 3 aromatic rings. The first kappa shape index (κ1) is 16.8. The number of ether oxygens (including phenoxy) is 2. The van der Waals surface area contributed by atoms with Crippen molar-refractivity contribution in [1.82, 2.24) is 9.97 Å². The molecule has 0 unspecified atom stereocenters. The van der Waals surface area contributed by atoms with Crippen LogP contribution < -0.4 is 9.64 Å². The Morgan fingerprint density at radius 1 is 1.08 bits per heavy atom. The summed E-state index contributed by atoms with van der Waals surface area (Å²) in [5.41, 5.74) is 3.35. The normalized spacial score (nSPS) is 17.5. The second kappa shape index (κ2) is 6.92. The molecule has 0 radical (unpaired) electrons. The molecule has 1 atom stereocenters. The van der Waals surface area contributed by atoms with Gasteiger partial charge in [-0.3, -0.25) is 0 Å². The highest BCUT2D eigenvalue weighted by molar-refractivity contribution is 5.84. The zero-order valence-electron chi connectivity index (χ0n) is 15.4. The Hall–Kier alpha value is -2.66. The van der Waals surface area contributed by atoms with Gasteiger partial charge >= 0.3 is 0 Å². The maximum absolute atomic E-state index is 6.07. The monoisotopic (exact) mass is 349 g/mol. The number of nitrogens with zero attached hydrogens (tertiary/aromatic N) is 3. The van der Waals surface area contributed by atoms with E-state index in [0.717, 1.165) is 35.9 Å². The highest BCUT2D eigenvalue weighted by atomic mass is 16.5. The maximum atomic E-state index is 6.07. The molecule has 0 aliphatic carbocycles. The van der Waals surface area contributed by atoms with Crippen molar-refractivity contribution < 1.29 is 9.47 Å². The van der Waals surface area contributed by atoms with Gasteiger partial charge in [0.1, 0.15) is 24.0 Å². The molecular formula is C21H23N3O2. The lowest BCUT2D eigenvalue weighted by atomic mass is 10.0. The maximum Gasteiger partial charge on any atom is 0.135 e. The Morgan fingerprint density at radius 3 is 2.73 bits per heavy atom. The van der Waals surface area contributed by atoms with Crippen molar-refractivity contribution in [3.63, 3.8) is 0 Å². The molecule has 134 valence electrons. The van der Waals surface area contributed by atoms with Crippen LogP contribution in [0, 0.1) is 13.8 Å². The third-order valence-corrected chi connectivity index (χ3v) is 5.12. The molecule has 2 aromatic carbocycles.